The van der Waals surface area contributed by atoms with Gasteiger partial charge in [-0.05, 0) is 56.8 Å². The van der Waals surface area contributed by atoms with Gasteiger partial charge in [-0.3, -0.25) is 19.2 Å². The molecule has 0 saturated carbocycles. The lowest BCUT2D eigenvalue weighted by Crippen LogP contribution is -2.62. The number of carbonyl (C=O) groups excluding carboxylic acids is 2. The van der Waals surface area contributed by atoms with Crippen molar-refractivity contribution in [2.24, 2.45) is 17.4 Å². The average molecular weight is 450 g/mol. The Balaban J connectivity index is 1.57. The largest absolute Gasteiger partial charge is 0.368 e. The molecule has 32 heavy (non-hydrogen) atoms. The Kier molecular flexibility index (Phi) is 5.14. The predicted molar refractivity (Wildman–Crippen MR) is 124 cm³/mol. The summed E-state index contributed by atoms with van der Waals surface area (Å²) in [4.78, 5) is 28.8. The van der Waals surface area contributed by atoms with Crippen LogP contribution in [-0.4, -0.2) is 39.6 Å². The van der Waals surface area contributed by atoms with Crippen LogP contribution in [0.5, 0.6) is 0 Å². The van der Waals surface area contributed by atoms with E-state index in [1.165, 1.54) is 11.3 Å². The van der Waals surface area contributed by atoms with Gasteiger partial charge in [0.25, 0.3) is 5.91 Å². The first kappa shape index (κ1) is 20.9. The zero-order valence-electron chi connectivity index (χ0n) is 18.1. The molecule has 1 atom stereocenters. The number of aryl methyl sites for hydroxylation is 1. The van der Waals surface area contributed by atoms with Gasteiger partial charge in [-0.2, -0.15) is 5.10 Å². The van der Waals surface area contributed by atoms with Gasteiger partial charge in [0.05, 0.1) is 17.1 Å². The summed E-state index contributed by atoms with van der Waals surface area (Å²) in [5, 5.41) is 4.67. The van der Waals surface area contributed by atoms with E-state index in [2.05, 4.69) is 22.1 Å². The van der Waals surface area contributed by atoms with Crippen LogP contribution in [0.4, 0.5) is 0 Å². The highest BCUT2D eigenvalue weighted by Crippen LogP contribution is 2.49. The van der Waals surface area contributed by atoms with Crippen molar-refractivity contribution in [1.82, 2.24) is 14.7 Å². The summed E-state index contributed by atoms with van der Waals surface area (Å²) >= 11 is 1.33. The van der Waals surface area contributed by atoms with Gasteiger partial charge in [-0.25, -0.2) is 0 Å². The fourth-order valence-electron chi connectivity index (χ4n) is 5.36. The highest BCUT2D eigenvalue weighted by molar-refractivity contribution is 7.17. The molecule has 1 aromatic carbocycles. The highest BCUT2D eigenvalue weighted by atomic mass is 32.1. The third-order valence-electron chi connectivity index (χ3n) is 6.95. The summed E-state index contributed by atoms with van der Waals surface area (Å²) in [5.41, 5.74) is 14.5. The molecule has 0 spiro atoms. The summed E-state index contributed by atoms with van der Waals surface area (Å²) in [7, 11) is 0. The van der Waals surface area contributed by atoms with Gasteiger partial charge in [0.1, 0.15) is 5.54 Å². The maximum atomic E-state index is 12.9. The van der Waals surface area contributed by atoms with Crippen LogP contribution in [0.1, 0.15) is 45.8 Å². The van der Waals surface area contributed by atoms with E-state index in [0.29, 0.717) is 29.3 Å². The Morgan fingerprint density at radius 3 is 2.50 bits per heavy atom. The maximum absolute atomic E-state index is 12.9. The van der Waals surface area contributed by atoms with Crippen molar-refractivity contribution in [2.75, 3.05) is 13.1 Å². The van der Waals surface area contributed by atoms with E-state index in [1.54, 1.807) is 0 Å². The molecule has 3 aliphatic heterocycles. The first-order chi connectivity index (χ1) is 15.4. The van der Waals surface area contributed by atoms with E-state index in [0.717, 1.165) is 47.6 Å². The monoisotopic (exact) mass is 449 g/mol. The second-order valence-electron chi connectivity index (χ2n) is 8.89. The topological polar surface area (TPSA) is 107 Å². The van der Waals surface area contributed by atoms with Crippen LogP contribution in [0, 0.1) is 12.8 Å². The van der Waals surface area contributed by atoms with E-state index in [4.69, 9.17) is 11.5 Å². The molecule has 1 unspecified atom stereocenters. The number of piperidine rings is 3. The number of fused-ring (bicyclic) bond motifs is 3. The Morgan fingerprint density at radius 1 is 1.19 bits per heavy atom. The van der Waals surface area contributed by atoms with Crippen LogP contribution >= 0.6 is 11.3 Å². The maximum Gasteiger partial charge on any atom is 0.259 e. The molecule has 3 aliphatic rings. The molecule has 5 heterocycles. The van der Waals surface area contributed by atoms with E-state index in [1.807, 2.05) is 42.1 Å². The van der Waals surface area contributed by atoms with Gasteiger partial charge in [0, 0.05) is 22.2 Å². The van der Waals surface area contributed by atoms with Crippen molar-refractivity contribution < 1.29 is 9.59 Å². The summed E-state index contributed by atoms with van der Waals surface area (Å²) in [6.45, 7) is 4.23. The fourth-order valence-corrected chi connectivity index (χ4v) is 6.51. The van der Waals surface area contributed by atoms with Gasteiger partial charge in [0.15, 0.2) is 0 Å². The minimum atomic E-state index is -0.964. The molecule has 4 N–H and O–H groups in total. The van der Waals surface area contributed by atoms with Crippen LogP contribution in [0.2, 0.25) is 0 Å². The number of nitrogens with two attached hydrogens (primary N) is 2. The molecule has 0 radical (unpaired) electrons. The summed E-state index contributed by atoms with van der Waals surface area (Å²) in [5.74, 6) is -0.481. The number of benzene rings is 1. The minimum absolute atomic E-state index is 0.398. The molecule has 2 aromatic heterocycles. The molecule has 3 aromatic rings. The number of primary amides is 2. The predicted octanol–water partition coefficient (Wildman–Crippen LogP) is 2.86. The number of thiophene rings is 1. The second kappa shape index (κ2) is 7.86. The van der Waals surface area contributed by atoms with Gasteiger partial charge < -0.3 is 11.5 Å². The van der Waals surface area contributed by atoms with E-state index in [9.17, 15) is 9.59 Å². The Labute approximate surface area is 191 Å². The smallest absolute Gasteiger partial charge is 0.259 e. The third-order valence-corrected chi connectivity index (χ3v) is 8.13. The number of rotatable bonds is 6. The van der Waals surface area contributed by atoms with Crippen molar-refractivity contribution in [2.45, 2.75) is 38.3 Å². The van der Waals surface area contributed by atoms with Gasteiger partial charge >= 0.3 is 0 Å². The van der Waals surface area contributed by atoms with Gasteiger partial charge in [-0.15, -0.1) is 11.3 Å². The average Bonchev–Trinajstić information content (AvgIpc) is 3.39. The fraction of sp³-hybridized carbons (Fsp3) is 0.375. The van der Waals surface area contributed by atoms with Crippen molar-refractivity contribution >= 4 is 23.2 Å². The number of aromatic nitrogens is 2. The molecule has 3 saturated heterocycles. The Bertz CT molecular complexity index is 1180. The van der Waals surface area contributed by atoms with Gasteiger partial charge in [-0.1, -0.05) is 30.3 Å². The summed E-state index contributed by atoms with van der Waals surface area (Å²) in [6.07, 6.45) is 4.75. The summed E-state index contributed by atoms with van der Waals surface area (Å²) in [6, 6.07) is 12.1. The molecule has 7 nitrogen and oxygen atoms in total. The highest BCUT2D eigenvalue weighted by Gasteiger charge is 2.53. The molecule has 2 amide bonds. The lowest BCUT2D eigenvalue weighted by molar-refractivity contribution is -0.140. The van der Waals surface area contributed by atoms with Crippen LogP contribution in [0.15, 0.2) is 42.6 Å². The molecular weight excluding hydrogens is 422 g/mol. The summed E-state index contributed by atoms with van der Waals surface area (Å²) < 4.78 is 1.90. The van der Waals surface area contributed by atoms with E-state index >= 15 is 0 Å². The Morgan fingerprint density at radius 2 is 1.91 bits per heavy atom. The quantitative estimate of drug-likeness (QED) is 0.603. The zero-order chi connectivity index (χ0) is 22.5. The Hall–Kier alpha value is -2.97. The standard InChI is InChI=1S/C24H27N5O2S/c1-15-18(14-29(27-15)13-17-5-3-2-4-6-17)20-11-19(21(32-20)22(25)30)24(23(26)31)12-16-7-9-28(24)10-8-16/h2-6,11,14,16H,7-10,12-13H2,1H3,(H2,25,30)(H2,26,31). The molecule has 166 valence electrons. The van der Waals surface area contributed by atoms with Crippen LogP contribution < -0.4 is 11.5 Å². The first-order valence-corrected chi connectivity index (χ1v) is 11.8. The van der Waals surface area contributed by atoms with Crippen molar-refractivity contribution in [3.63, 3.8) is 0 Å². The lowest BCUT2D eigenvalue weighted by Gasteiger charge is -2.52. The van der Waals surface area contributed by atoms with Crippen molar-refractivity contribution in [1.29, 1.82) is 0 Å². The van der Waals surface area contributed by atoms with Crippen LogP contribution in [0.25, 0.3) is 10.4 Å². The minimum Gasteiger partial charge on any atom is -0.368 e. The van der Waals surface area contributed by atoms with Crippen LogP contribution in [0.3, 0.4) is 0 Å². The van der Waals surface area contributed by atoms with Crippen molar-refractivity contribution in [3.8, 4) is 10.4 Å². The lowest BCUT2D eigenvalue weighted by atomic mass is 9.70. The van der Waals surface area contributed by atoms with Crippen molar-refractivity contribution in [3.05, 3.63) is 64.3 Å². The van der Waals surface area contributed by atoms with E-state index in [-0.39, 0.29) is 0 Å². The number of nitrogens with zero attached hydrogens (tertiary/aromatic N) is 3. The molecule has 3 fully saturated rings. The zero-order valence-corrected chi connectivity index (χ0v) is 18.9. The number of hydrogen-bond acceptors (Lipinski definition) is 5. The normalized spacial score (nSPS) is 24.5. The molecule has 8 heteroatoms. The second-order valence-corrected chi connectivity index (χ2v) is 9.94. The van der Waals surface area contributed by atoms with Crippen LogP contribution in [-0.2, 0) is 16.9 Å². The SMILES string of the molecule is Cc1nn(Cc2ccccc2)cc1-c1cc(C2(C(N)=O)CC3CCN2CC3)c(C(N)=O)s1. The van der Waals surface area contributed by atoms with Gasteiger partial charge in [0.2, 0.25) is 5.91 Å². The molecule has 6 rings (SSSR count). The molecule has 2 bridgehead atoms. The first-order valence-electron chi connectivity index (χ1n) is 11.0. The van der Waals surface area contributed by atoms with E-state index < -0.39 is 17.4 Å². The molecule has 0 aliphatic carbocycles. The third kappa shape index (κ3) is 3.34. The number of hydrogen-bond donors (Lipinski definition) is 2. The molecular formula is C24H27N5O2S. The number of carbonyl (C=O) groups is 2. The number of amides is 2.